The van der Waals surface area contributed by atoms with Gasteiger partial charge in [0, 0.05) is 46.9 Å². The number of halogens is 1. The van der Waals surface area contributed by atoms with Crippen LogP contribution in [0.5, 0.6) is 0 Å². The Balaban J connectivity index is 1.47. The van der Waals surface area contributed by atoms with E-state index in [1.54, 1.807) is 6.20 Å². The van der Waals surface area contributed by atoms with E-state index in [1.165, 1.54) is 0 Å². The van der Waals surface area contributed by atoms with E-state index in [9.17, 15) is 4.79 Å². The van der Waals surface area contributed by atoms with Crippen molar-refractivity contribution in [3.05, 3.63) is 112 Å². The SMILES string of the molecule is CCc1ccccc1NC(=O)CCN1C(=S)N[C@H](c2ccccn2)[C@H]1c1cc(C)n(-c2cccc(Cl)c2)c1C. The first-order valence-electron chi connectivity index (χ1n) is 13.2. The first kappa shape index (κ1) is 26.9. The van der Waals surface area contributed by atoms with E-state index in [1.807, 2.05) is 60.7 Å². The number of para-hydroxylation sites is 1. The van der Waals surface area contributed by atoms with Crippen molar-refractivity contribution in [1.82, 2.24) is 19.8 Å². The molecule has 200 valence electrons. The van der Waals surface area contributed by atoms with Crippen LogP contribution in [0.3, 0.4) is 0 Å². The van der Waals surface area contributed by atoms with Crippen LogP contribution in [0, 0.1) is 13.8 Å². The van der Waals surface area contributed by atoms with Gasteiger partial charge in [0.05, 0.1) is 17.8 Å². The zero-order valence-corrected chi connectivity index (χ0v) is 23.9. The third kappa shape index (κ3) is 5.56. The summed E-state index contributed by atoms with van der Waals surface area (Å²) in [6.07, 6.45) is 2.96. The Hall–Kier alpha value is -3.68. The zero-order valence-electron chi connectivity index (χ0n) is 22.3. The van der Waals surface area contributed by atoms with E-state index in [0.29, 0.717) is 23.1 Å². The van der Waals surface area contributed by atoms with Gasteiger partial charge in [-0.3, -0.25) is 9.78 Å². The maximum atomic E-state index is 13.1. The molecule has 8 heteroatoms. The van der Waals surface area contributed by atoms with Crippen LogP contribution in [-0.4, -0.2) is 32.0 Å². The van der Waals surface area contributed by atoms with Gasteiger partial charge in [-0.2, -0.15) is 0 Å². The minimum absolute atomic E-state index is 0.0388. The van der Waals surface area contributed by atoms with Crippen LogP contribution >= 0.6 is 23.8 Å². The second kappa shape index (κ2) is 11.6. The lowest BCUT2D eigenvalue weighted by Gasteiger charge is -2.28. The van der Waals surface area contributed by atoms with Crippen LogP contribution in [0.25, 0.3) is 5.69 Å². The number of nitrogens with one attached hydrogen (secondary N) is 2. The van der Waals surface area contributed by atoms with Crippen LogP contribution in [0.15, 0.2) is 79.0 Å². The molecule has 3 heterocycles. The molecule has 2 aromatic carbocycles. The number of aromatic nitrogens is 2. The van der Waals surface area contributed by atoms with Crippen LogP contribution in [0.1, 0.15) is 53.6 Å². The molecule has 1 amide bonds. The number of pyridine rings is 1. The summed E-state index contributed by atoms with van der Waals surface area (Å²) in [4.78, 5) is 19.8. The molecule has 0 aliphatic carbocycles. The molecule has 1 fully saturated rings. The van der Waals surface area contributed by atoms with Gasteiger partial charge in [-0.05, 0) is 86.1 Å². The maximum absolute atomic E-state index is 13.1. The molecule has 0 saturated carbocycles. The van der Waals surface area contributed by atoms with E-state index in [4.69, 9.17) is 23.8 Å². The number of benzene rings is 2. The van der Waals surface area contributed by atoms with Crippen LogP contribution < -0.4 is 10.6 Å². The van der Waals surface area contributed by atoms with Gasteiger partial charge in [0.15, 0.2) is 5.11 Å². The maximum Gasteiger partial charge on any atom is 0.226 e. The van der Waals surface area contributed by atoms with Crippen molar-refractivity contribution in [2.45, 2.75) is 45.7 Å². The molecule has 0 unspecified atom stereocenters. The summed E-state index contributed by atoms with van der Waals surface area (Å²) in [6.45, 7) is 6.77. The summed E-state index contributed by atoms with van der Waals surface area (Å²) in [6, 6.07) is 23.6. The lowest BCUT2D eigenvalue weighted by molar-refractivity contribution is -0.116. The molecule has 2 atom stereocenters. The number of hydrogen-bond acceptors (Lipinski definition) is 3. The Labute approximate surface area is 240 Å². The molecule has 39 heavy (non-hydrogen) atoms. The van der Waals surface area contributed by atoms with E-state index in [-0.39, 0.29) is 18.0 Å². The molecule has 6 nitrogen and oxygen atoms in total. The first-order valence-corrected chi connectivity index (χ1v) is 14.0. The molecule has 2 aromatic heterocycles. The lowest BCUT2D eigenvalue weighted by atomic mass is 9.96. The Bertz CT molecular complexity index is 1500. The van der Waals surface area contributed by atoms with Crippen molar-refractivity contribution in [2.75, 3.05) is 11.9 Å². The van der Waals surface area contributed by atoms with Gasteiger partial charge in [-0.25, -0.2) is 0 Å². The highest BCUT2D eigenvalue weighted by Crippen LogP contribution is 2.41. The quantitative estimate of drug-likeness (QED) is 0.236. The first-order chi connectivity index (χ1) is 18.9. The molecular weight excluding hydrogens is 526 g/mol. The van der Waals surface area contributed by atoms with Crippen molar-refractivity contribution in [3.8, 4) is 5.69 Å². The van der Waals surface area contributed by atoms with Gasteiger partial charge in [-0.1, -0.05) is 48.9 Å². The Morgan fingerprint density at radius 1 is 1.08 bits per heavy atom. The van der Waals surface area contributed by atoms with Crippen LogP contribution in [0.2, 0.25) is 5.02 Å². The van der Waals surface area contributed by atoms with E-state index in [2.05, 4.69) is 58.0 Å². The smallest absolute Gasteiger partial charge is 0.226 e. The van der Waals surface area contributed by atoms with E-state index in [0.717, 1.165) is 46.0 Å². The van der Waals surface area contributed by atoms with Crippen molar-refractivity contribution in [1.29, 1.82) is 0 Å². The topological polar surface area (TPSA) is 62.2 Å². The van der Waals surface area contributed by atoms with Gasteiger partial charge in [0.2, 0.25) is 5.91 Å². The van der Waals surface area contributed by atoms with Crippen LogP contribution in [0.4, 0.5) is 5.69 Å². The number of thiocarbonyl (C=S) groups is 1. The van der Waals surface area contributed by atoms with E-state index >= 15 is 0 Å². The second-order valence-corrected chi connectivity index (χ2v) is 10.6. The average Bonchev–Trinajstić information content (AvgIpc) is 3.42. The molecule has 4 aromatic rings. The Morgan fingerprint density at radius 3 is 2.62 bits per heavy atom. The summed E-state index contributed by atoms with van der Waals surface area (Å²) < 4.78 is 2.21. The fourth-order valence-corrected chi connectivity index (χ4v) is 5.99. The minimum Gasteiger partial charge on any atom is -0.352 e. The summed E-state index contributed by atoms with van der Waals surface area (Å²) in [5.74, 6) is -0.0388. The fourth-order valence-electron chi connectivity index (χ4n) is 5.47. The van der Waals surface area contributed by atoms with Crippen molar-refractivity contribution in [2.24, 2.45) is 0 Å². The summed E-state index contributed by atoms with van der Waals surface area (Å²) in [5.41, 5.74) is 7.21. The summed E-state index contributed by atoms with van der Waals surface area (Å²) in [7, 11) is 0. The minimum atomic E-state index is -0.157. The normalized spacial score (nSPS) is 16.8. The Morgan fingerprint density at radius 2 is 1.87 bits per heavy atom. The predicted octanol–water partition coefficient (Wildman–Crippen LogP) is 6.71. The fraction of sp³-hybridized carbons (Fsp3) is 0.258. The van der Waals surface area contributed by atoms with Crippen molar-refractivity contribution in [3.63, 3.8) is 0 Å². The molecule has 0 bridgehead atoms. The monoisotopic (exact) mass is 557 g/mol. The van der Waals surface area contributed by atoms with Crippen molar-refractivity contribution >= 4 is 40.5 Å². The molecule has 0 radical (unpaired) electrons. The molecule has 1 aliphatic rings. The predicted molar refractivity (Wildman–Crippen MR) is 161 cm³/mol. The molecule has 0 spiro atoms. The zero-order chi connectivity index (χ0) is 27.5. The third-order valence-corrected chi connectivity index (χ3v) is 7.89. The molecule has 1 saturated heterocycles. The van der Waals surface area contributed by atoms with Gasteiger partial charge < -0.3 is 20.1 Å². The second-order valence-electron chi connectivity index (χ2n) is 9.77. The van der Waals surface area contributed by atoms with Crippen molar-refractivity contribution < 1.29 is 4.79 Å². The highest BCUT2D eigenvalue weighted by atomic mass is 35.5. The third-order valence-electron chi connectivity index (χ3n) is 7.31. The number of hydrogen-bond donors (Lipinski definition) is 2. The van der Waals surface area contributed by atoms with Gasteiger partial charge >= 0.3 is 0 Å². The number of nitrogens with zero attached hydrogens (tertiary/aromatic N) is 3. The number of amides is 1. The van der Waals surface area contributed by atoms with Gasteiger partial charge in [-0.15, -0.1) is 0 Å². The molecule has 5 rings (SSSR count). The summed E-state index contributed by atoms with van der Waals surface area (Å²) in [5, 5.41) is 7.89. The van der Waals surface area contributed by atoms with Gasteiger partial charge in [0.25, 0.3) is 0 Å². The number of carbonyl (C=O) groups is 1. The number of carbonyl (C=O) groups excluding carboxylic acids is 1. The van der Waals surface area contributed by atoms with Crippen LogP contribution in [-0.2, 0) is 11.2 Å². The molecular formula is C31H32ClN5OS. The standard InChI is InChI=1S/C31H32ClN5OS/c1-4-22-10-5-6-13-26(22)34-28(38)15-17-36-30(29(35-31(36)39)27-14-7-8-16-33-27)25-18-20(2)37(21(25)3)24-12-9-11-23(32)19-24/h5-14,16,18-19,29-30H,4,15,17H2,1-3H3,(H,34,38)(H,35,39)/t29-,30-/m1/s1. The highest BCUT2D eigenvalue weighted by Gasteiger charge is 2.41. The molecule has 1 aliphatic heterocycles. The lowest BCUT2D eigenvalue weighted by Crippen LogP contribution is -2.33. The molecule has 2 N–H and O–H groups in total. The number of anilines is 1. The largest absolute Gasteiger partial charge is 0.352 e. The van der Waals surface area contributed by atoms with Gasteiger partial charge in [0.1, 0.15) is 0 Å². The Kier molecular flexibility index (Phi) is 8.00. The van der Waals surface area contributed by atoms with E-state index < -0.39 is 0 Å². The number of aryl methyl sites for hydroxylation is 2. The highest BCUT2D eigenvalue weighted by molar-refractivity contribution is 7.80. The summed E-state index contributed by atoms with van der Waals surface area (Å²) >= 11 is 12.2. The average molecular weight is 558 g/mol. The number of rotatable bonds is 8.